The van der Waals surface area contributed by atoms with Crippen LogP contribution in [0.4, 0.5) is 14.6 Å². The number of nitrogens with zero attached hydrogens (tertiary/aromatic N) is 2. The van der Waals surface area contributed by atoms with E-state index in [1.165, 1.54) is 17.8 Å². The fraction of sp³-hybridized carbons (Fsp3) is 0.625. The van der Waals surface area contributed by atoms with Gasteiger partial charge in [-0.2, -0.15) is 5.10 Å². The summed E-state index contributed by atoms with van der Waals surface area (Å²) in [6, 6.07) is 0. The Kier molecular flexibility index (Phi) is 1.80. The first kappa shape index (κ1) is 9.71. The quantitative estimate of drug-likeness (QED) is 0.832. The van der Waals surface area contributed by atoms with Crippen molar-refractivity contribution in [3.8, 4) is 0 Å². The van der Waals surface area contributed by atoms with E-state index in [0.717, 1.165) is 0 Å². The first-order valence-corrected chi connectivity index (χ1v) is 4.58. The van der Waals surface area contributed by atoms with Gasteiger partial charge >= 0.3 is 0 Å². The van der Waals surface area contributed by atoms with Crippen molar-refractivity contribution in [2.24, 2.45) is 5.41 Å². The van der Waals surface area contributed by atoms with E-state index in [2.05, 4.69) is 5.10 Å². The van der Waals surface area contributed by atoms with Gasteiger partial charge in [0.25, 0.3) is 5.92 Å². The summed E-state index contributed by atoms with van der Waals surface area (Å²) in [6.45, 7) is 1.68. The van der Waals surface area contributed by atoms with E-state index in [1.54, 1.807) is 0 Å². The van der Waals surface area contributed by atoms with Crippen LogP contribution in [0.3, 0.4) is 0 Å². The molecule has 0 spiro atoms. The fourth-order valence-electron chi connectivity index (χ4n) is 1.47. The van der Waals surface area contributed by atoms with Crippen molar-refractivity contribution in [1.29, 1.82) is 0 Å². The number of hydrogen-bond acceptors (Lipinski definition) is 2. The molecule has 1 aromatic rings. The second-order valence-corrected chi connectivity index (χ2v) is 4.41. The van der Waals surface area contributed by atoms with E-state index in [9.17, 15) is 8.78 Å². The molecule has 2 rings (SSSR count). The van der Waals surface area contributed by atoms with Gasteiger partial charge in [0.05, 0.1) is 12.0 Å². The van der Waals surface area contributed by atoms with Gasteiger partial charge in [0.15, 0.2) is 5.82 Å². The maximum atomic E-state index is 12.9. The molecule has 3 nitrogen and oxygen atoms in total. The van der Waals surface area contributed by atoms with E-state index in [0.29, 0.717) is 5.02 Å². The lowest BCUT2D eigenvalue weighted by Gasteiger charge is -2.09. The highest BCUT2D eigenvalue weighted by atomic mass is 35.5. The molecule has 0 bridgehead atoms. The van der Waals surface area contributed by atoms with Crippen LogP contribution in [0.2, 0.25) is 5.02 Å². The highest BCUT2D eigenvalue weighted by Crippen LogP contribution is 2.61. The zero-order valence-electron chi connectivity index (χ0n) is 7.60. The summed E-state index contributed by atoms with van der Waals surface area (Å²) in [7, 11) is 0. The van der Waals surface area contributed by atoms with Gasteiger partial charge in [0, 0.05) is 12.6 Å². The van der Waals surface area contributed by atoms with Gasteiger partial charge in [-0.15, -0.1) is 0 Å². The van der Waals surface area contributed by atoms with Crippen LogP contribution in [-0.2, 0) is 6.54 Å². The lowest BCUT2D eigenvalue weighted by atomic mass is 10.1. The van der Waals surface area contributed by atoms with Crippen molar-refractivity contribution in [3.63, 3.8) is 0 Å². The summed E-state index contributed by atoms with van der Waals surface area (Å²) in [5.74, 6) is -2.40. The van der Waals surface area contributed by atoms with Crippen LogP contribution >= 0.6 is 11.6 Å². The van der Waals surface area contributed by atoms with Crippen LogP contribution in [0.1, 0.15) is 13.3 Å². The number of nitrogen functional groups attached to an aromatic ring is 1. The summed E-state index contributed by atoms with van der Waals surface area (Å²) < 4.78 is 27.1. The van der Waals surface area contributed by atoms with Crippen LogP contribution in [0.15, 0.2) is 6.20 Å². The monoisotopic (exact) mass is 221 g/mol. The van der Waals surface area contributed by atoms with Gasteiger partial charge in [-0.3, -0.25) is 4.68 Å². The lowest BCUT2D eigenvalue weighted by Crippen LogP contribution is -2.15. The Labute approximate surface area is 84.8 Å². The normalized spacial score (nSPS) is 29.1. The predicted molar refractivity (Wildman–Crippen MR) is 49.3 cm³/mol. The predicted octanol–water partition coefficient (Wildman–Crippen LogP) is 2.16. The van der Waals surface area contributed by atoms with Crippen molar-refractivity contribution in [2.45, 2.75) is 25.8 Å². The minimum Gasteiger partial charge on any atom is -0.381 e. The average Bonchev–Trinajstić information content (AvgIpc) is 2.29. The lowest BCUT2D eigenvalue weighted by molar-refractivity contribution is 0.0623. The summed E-state index contributed by atoms with van der Waals surface area (Å²) in [5.41, 5.74) is 4.40. The van der Waals surface area contributed by atoms with Gasteiger partial charge in [0.2, 0.25) is 0 Å². The molecule has 1 fully saturated rings. The molecular formula is C8H10ClF2N3. The van der Waals surface area contributed by atoms with Gasteiger partial charge in [0.1, 0.15) is 5.02 Å². The fourth-order valence-corrected chi connectivity index (χ4v) is 1.62. The zero-order chi connectivity index (χ0) is 10.6. The maximum Gasteiger partial charge on any atom is 0.256 e. The van der Waals surface area contributed by atoms with Crippen molar-refractivity contribution in [1.82, 2.24) is 9.78 Å². The number of alkyl halides is 2. The summed E-state index contributed by atoms with van der Waals surface area (Å²) in [6.07, 6.45) is 1.37. The average molecular weight is 222 g/mol. The molecule has 0 aliphatic heterocycles. The van der Waals surface area contributed by atoms with Crippen LogP contribution < -0.4 is 5.73 Å². The van der Waals surface area contributed by atoms with Crippen molar-refractivity contribution < 1.29 is 8.78 Å². The van der Waals surface area contributed by atoms with Crippen LogP contribution in [0.25, 0.3) is 0 Å². The molecule has 1 saturated carbocycles. The Morgan fingerprint density at radius 1 is 1.71 bits per heavy atom. The molecule has 0 radical (unpaired) electrons. The number of halogens is 3. The SMILES string of the molecule is CC1(Cn2cc(Cl)c(N)n2)CC1(F)F. The Bertz CT molecular complexity index is 357. The smallest absolute Gasteiger partial charge is 0.256 e. The summed E-state index contributed by atoms with van der Waals surface area (Å²) in [5, 5.41) is 4.13. The molecule has 1 aliphatic rings. The Morgan fingerprint density at radius 3 is 2.64 bits per heavy atom. The first-order chi connectivity index (χ1) is 6.34. The molecule has 14 heavy (non-hydrogen) atoms. The van der Waals surface area contributed by atoms with Crippen molar-refractivity contribution in [3.05, 3.63) is 11.2 Å². The van der Waals surface area contributed by atoms with Gasteiger partial charge in [-0.1, -0.05) is 18.5 Å². The van der Waals surface area contributed by atoms with E-state index in [4.69, 9.17) is 17.3 Å². The van der Waals surface area contributed by atoms with Gasteiger partial charge in [-0.25, -0.2) is 8.78 Å². The van der Waals surface area contributed by atoms with E-state index in [1.807, 2.05) is 0 Å². The third kappa shape index (κ3) is 1.35. The molecule has 0 saturated heterocycles. The Morgan fingerprint density at radius 2 is 2.29 bits per heavy atom. The standard InChI is InChI=1S/C8H10ClF2N3/c1-7(3-8(7,10)11)4-14-2-5(9)6(12)13-14/h2H,3-4H2,1H3,(H2,12,13). The molecule has 1 aliphatic carbocycles. The van der Waals surface area contributed by atoms with Crippen LogP contribution in [0, 0.1) is 5.41 Å². The van der Waals surface area contributed by atoms with Gasteiger partial charge in [-0.05, 0) is 0 Å². The van der Waals surface area contributed by atoms with Crippen LogP contribution in [0.5, 0.6) is 0 Å². The molecule has 1 atom stereocenters. The number of anilines is 1. The molecule has 1 aromatic heterocycles. The van der Waals surface area contributed by atoms with Crippen molar-refractivity contribution in [2.75, 3.05) is 5.73 Å². The maximum absolute atomic E-state index is 12.9. The van der Waals surface area contributed by atoms with E-state index in [-0.39, 0.29) is 18.8 Å². The van der Waals surface area contributed by atoms with Crippen molar-refractivity contribution >= 4 is 17.4 Å². The largest absolute Gasteiger partial charge is 0.381 e. The molecule has 1 unspecified atom stereocenters. The summed E-state index contributed by atoms with van der Waals surface area (Å²) in [4.78, 5) is 0. The molecular weight excluding hydrogens is 212 g/mol. The van der Waals surface area contributed by atoms with E-state index < -0.39 is 11.3 Å². The zero-order valence-corrected chi connectivity index (χ0v) is 8.35. The van der Waals surface area contributed by atoms with Crippen LogP contribution in [-0.4, -0.2) is 15.7 Å². The third-order valence-electron chi connectivity index (χ3n) is 2.62. The molecule has 0 aromatic carbocycles. The Balaban J connectivity index is 2.13. The number of nitrogens with two attached hydrogens (primary N) is 1. The summed E-state index contributed by atoms with van der Waals surface area (Å²) >= 11 is 5.65. The first-order valence-electron chi connectivity index (χ1n) is 4.20. The number of rotatable bonds is 2. The minimum atomic E-state index is -2.58. The number of aromatic nitrogens is 2. The third-order valence-corrected chi connectivity index (χ3v) is 2.92. The molecule has 2 N–H and O–H groups in total. The second kappa shape index (κ2) is 2.59. The molecule has 0 amide bonds. The van der Waals surface area contributed by atoms with E-state index >= 15 is 0 Å². The van der Waals surface area contributed by atoms with Gasteiger partial charge < -0.3 is 5.73 Å². The topological polar surface area (TPSA) is 43.8 Å². The molecule has 6 heteroatoms. The number of hydrogen-bond donors (Lipinski definition) is 1. The molecule has 78 valence electrons. The Hall–Kier alpha value is -0.840. The highest BCUT2D eigenvalue weighted by molar-refractivity contribution is 6.32. The minimum absolute atomic E-state index is 0.0998. The highest BCUT2D eigenvalue weighted by Gasteiger charge is 2.67. The molecule has 1 heterocycles. The second-order valence-electron chi connectivity index (χ2n) is 4.00.